The quantitative estimate of drug-likeness (QED) is 0.481. The smallest absolute Gasteiger partial charge is 0.433 e. The molecule has 0 saturated carbocycles. The van der Waals surface area contributed by atoms with Gasteiger partial charge in [-0.1, -0.05) is 36.4 Å². The molecule has 4 amide bonds. The molecule has 1 atom stereocenters. The van der Waals surface area contributed by atoms with Crippen molar-refractivity contribution in [2.45, 2.75) is 18.8 Å². The zero-order valence-corrected chi connectivity index (χ0v) is 19.0. The molecule has 186 valence electrons. The molecule has 0 fully saturated rings. The molecule has 8 nitrogen and oxygen atoms in total. The van der Waals surface area contributed by atoms with Crippen molar-refractivity contribution in [3.63, 3.8) is 0 Å². The first kappa shape index (κ1) is 24.7. The van der Waals surface area contributed by atoms with E-state index in [2.05, 4.69) is 10.3 Å². The van der Waals surface area contributed by atoms with E-state index in [1.165, 1.54) is 13.2 Å². The standard InChI is InChI=1S/C25H21F3N4O4/c1-36-19-8-6-18-12-32(23(34)20(18)10-19)13-21(31-24(35)30-14-33)16-4-2-15(3-5-16)17-7-9-22(29-11-17)25(26,27)28/h2-11,14,21H,12-13H2,1H3,(H2,30,31,33,35)/t21-/m0/s1. The second-order valence-electron chi connectivity index (χ2n) is 8.05. The number of benzene rings is 2. The van der Waals surface area contributed by atoms with E-state index in [4.69, 9.17) is 4.74 Å². The Hall–Kier alpha value is -4.41. The molecule has 0 spiro atoms. The third-order valence-corrected chi connectivity index (χ3v) is 5.79. The molecule has 3 aromatic rings. The zero-order chi connectivity index (χ0) is 25.9. The Morgan fingerprint density at radius 3 is 2.47 bits per heavy atom. The summed E-state index contributed by atoms with van der Waals surface area (Å²) in [6, 6.07) is 12.8. The lowest BCUT2D eigenvalue weighted by molar-refractivity contribution is -0.141. The van der Waals surface area contributed by atoms with Gasteiger partial charge in [-0.2, -0.15) is 13.2 Å². The Morgan fingerprint density at radius 2 is 1.86 bits per heavy atom. The van der Waals surface area contributed by atoms with Crippen molar-refractivity contribution < 1.29 is 32.3 Å². The number of pyridine rings is 1. The summed E-state index contributed by atoms with van der Waals surface area (Å²) in [5.74, 6) is 0.330. The van der Waals surface area contributed by atoms with Gasteiger partial charge in [0, 0.05) is 30.4 Å². The highest BCUT2D eigenvalue weighted by molar-refractivity contribution is 5.98. The molecule has 2 N–H and O–H groups in total. The van der Waals surface area contributed by atoms with Crippen LogP contribution >= 0.6 is 0 Å². The van der Waals surface area contributed by atoms with Gasteiger partial charge in [0.25, 0.3) is 5.91 Å². The Balaban J connectivity index is 1.55. The number of carbonyl (C=O) groups is 3. The highest BCUT2D eigenvalue weighted by atomic mass is 19.4. The Kier molecular flexibility index (Phi) is 6.91. The molecule has 4 rings (SSSR count). The molecule has 2 aromatic carbocycles. The summed E-state index contributed by atoms with van der Waals surface area (Å²) in [7, 11) is 1.51. The summed E-state index contributed by atoms with van der Waals surface area (Å²) in [4.78, 5) is 40.8. The summed E-state index contributed by atoms with van der Waals surface area (Å²) >= 11 is 0. The van der Waals surface area contributed by atoms with E-state index >= 15 is 0 Å². The van der Waals surface area contributed by atoms with Crippen LogP contribution in [-0.2, 0) is 17.5 Å². The van der Waals surface area contributed by atoms with Crippen LogP contribution < -0.4 is 15.4 Å². The second kappa shape index (κ2) is 10.1. The molecule has 1 aliphatic heterocycles. The second-order valence-corrected chi connectivity index (χ2v) is 8.05. The number of urea groups is 1. The van der Waals surface area contributed by atoms with Gasteiger partial charge in [0.1, 0.15) is 11.4 Å². The van der Waals surface area contributed by atoms with Gasteiger partial charge in [-0.25, -0.2) is 4.79 Å². The fraction of sp³-hybridized carbons (Fsp3) is 0.200. The minimum Gasteiger partial charge on any atom is -0.497 e. The lowest BCUT2D eigenvalue weighted by Gasteiger charge is -2.25. The van der Waals surface area contributed by atoms with Crippen LogP contribution in [-0.4, -0.2) is 41.9 Å². The van der Waals surface area contributed by atoms with Crippen molar-refractivity contribution in [1.82, 2.24) is 20.5 Å². The average molecular weight is 498 g/mol. The minimum atomic E-state index is -4.53. The molecule has 0 radical (unpaired) electrons. The summed E-state index contributed by atoms with van der Waals surface area (Å²) in [6.07, 6.45) is -3.14. The number of nitrogens with one attached hydrogen (secondary N) is 2. The van der Waals surface area contributed by atoms with E-state index in [1.54, 1.807) is 47.4 Å². The van der Waals surface area contributed by atoms with Crippen LogP contribution in [0.2, 0.25) is 0 Å². The van der Waals surface area contributed by atoms with Gasteiger partial charge >= 0.3 is 12.2 Å². The van der Waals surface area contributed by atoms with E-state index in [0.29, 0.717) is 34.5 Å². The van der Waals surface area contributed by atoms with Crippen molar-refractivity contribution in [2.24, 2.45) is 0 Å². The maximum absolute atomic E-state index is 13.0. The van der Waals surface area contributed by atoms with Crippen LogP contribution in [0.1, 0.15) is 33.2 Å². The van der Waals surface area contributed by atoms with E-state index in [9.17, 15) is 27.6 Å². The van der Waals surface area contributed by atoms with Gasteiger partial charge < -0.3 is 15.0 Å². The number of imide groups is 1. The summed E-state index contributed by atoms with van der Waals surface area (Å²) in [6.45, 7) is 0.449. The van der Waals surface area contributed by atoms with E-state index in [0.717, 1.165) is 17.8 Å². The molecule has 2 heterocycles. The highest BCUT2D eigenvalue weighted by Gasteiger charge is 2.32. The van der Waals surface area contributed by atoms with E-state index in [-0.39, 0.29) is 18.9 Å². The number of hydrogen-bond acceptors (Lipinski definition) is 5. The molecule has 0 unspecified atom stereocenters. The number of amides is 4. The fourth-order valence-electron chi connectivity index (χ4n) is 3.96. The maximum atomic E-state index is 13.0. The van der Waals surface area contributed by atoms with Crippen molar-refractivity contribution in [3.05, 3.63) is 83.2 Å². The molecule has 0 bridgehead atoms. The molecular formula is C25H21F3N4O4. The Bertz CT molecular complexity index is 1280. The number of aromatic nitrogens is 1. The molecule has 0 saturated heterocycles. The number of fused-ring (bicyclic) bond motifs is 1. The van der Waals surface area contributed by atoms with Crippen molar-refractivity contribution in [3.8, 4) is 16.9 Å². The van der Waals surface area contributed by atoms with Gasteiger partial charge in [0.2, 0.25) is 6.41 Å². The normalized spacial score (nSPS) is 13.7. The van der Waals surface area contributed by atoms with Gasteiger partial charge in [-0.15, -0.1) is 0 Å². The lowest BCUT2D eigenvalue weighted by Crippen LogP contribution is -2.42. The van der Waals surface area contributed by atoms with Gasteiger partial charge in [-0.05, 0) is 34.9 Å². The van der Waals surface area contributed by atoms with Crippen LogP contribution in [0.5, 0.6) is 5.75 Å². The van der Waals surface area contributed by atoms with Crippen molar-refractivity contribution in [2.75, 3.05) is 13.7 Å². The third-order valence-electron chi connectivity index (χ3n) is 5.79. The number of rotatable bonds is 7. The molecule has 36 heavy (non-hydrogen) atoms. The van der Waals surface area contributed by atoms with Gasteiger partial charge in [-0.3, -0.25) is 19.9 Å². The predicted molar refractivity (Wildman–Crippen MR) is 123 cm³/mol. The van der Waals surface area contributed by atoms with Crippen LogP contribution in [0.3, 0.4) is 0 Å². The SMILES string of the molecule is COc1ccc2c(c1)C(=O)N(C[C@H](NC(=O)NC=O)c1ccc(-c3ccc(C(F)(F)F)nc3)cc1)C2. The Labute approximate surface area is 204 Å². The zero-order valence-electron chi connectivity index (χ0n) is 19.0. The largest absolute Gasteiger partial charge is 0.497 e. The first-order valence-corrected chi connectivity index (χ1v) is 10.8. The summed E-state index contributed by atoms with van der Waals surface area (Å²) in [5, 5.41) is 4.70. The average Bonchev–Trinajstić information content (AvgIpc) is 3.17. The minimum absolute atomic E-state index is 0.114. The monoisotopic (exact) mass is 498 g/mol. The fourth-order valence-corrected chi connectivity index (χ4v) is 3.96. The highest BCUT2D eigenvalue weighted by Crippen LogP contribution is 2.31. The lowest BCUT2D eigenvalue weighted by atomic mass is 10.0. The van der Waals surface area contributed by atoms with E-state index in [1.807, 2.05) is 5.32 Å². The van der Waals surface area contributed by atoms with Crippen LogP contribution in [0, 0.1) is 0 Å². The predicted octanol–water partition coefficient (Wildman–Crippen LogP) is 3.93. The molecule has 1 aliphatic rings. The number of halogens is 3. The number of hydrogen-bond donors (Lipinski definition) is 2. The molecule has 11 heteroatoms. The van der Waals surface area contributed by atoms with Crippen molar-refractivity contribution in [1.29, 1.82) is 0 Å². The number of ether oxygens (including phenoxy) is 1. The summed E-state index contributed by atoms with van der Waals surface area (Å²) in [5.41, 5.74) is 2.07. The van der Waals surface area contributed by atoms with Crippen LogP contribution in [0.4, 0.5) is 18.0 Å². The molecule has 1 aromatic heterocycles. The van der Waals surface area contributed by atoms with Gasteiger partial charge in [0.05, 0.1) is 13.2 Å². The first-order valence-electron chi connectivity index (χ1n) is 10.8. The first-order chi connectivity index (χ1) is 17.2. The third kappa shape index (κ3) is 5.29. The number of alkyl halides is 3. The van der Waals surface area contributed by atoms with Crippen molar-refractivity contribution >= 4 is 18.3 Å². The van der Waals surface area contributed by atoms with Crippen LogP contribution in [0.25, 0.3) is 11.1 Å². The molecular weight excluding hydrogens is 477 g/mol. The number of carbonyl (C=O) groups excluding carboxylic acids is 3. The maximum Gasteiger partial charge on any atom is 0.433 e. The topological polar surface area (TPSA) is 101 Å². The molecule has 0 aliphatic carbocycles. The Morgan fingerprint density at radius 1 is 1.14 bits per heavy atom. The van der Waals surface area contributed by atoms with Crippen LogP contribution in [0.15, 0.2) is 60.8 Å². The summed E-state index contributed by atoms with van der Waals surface area (Å²) < 4.78 is 43.5. The van der Waals surface area contributed by atoms with Gasteiger partial charge in [0.15, 0.2) is 0 Å². The number of nitrogens with zero attached hydrogens (tertiary/aromatic N) is 2. The van der Waals surface area contributed by atoms with E-state index < -0.39 is 23.9 Å². The number of methoxy groups -OCH3 is 1.